The zero-order valence-corrected chi connectivity index (χ0v) is 23.9. The number of ether oxygens (including phenoxy) is 2. The summed E-state index contributed by atoms with van der Waals surface area (Å²) in [6.45, 7) is 3.85. The summed E-state index contributed by atoms with van der Waals surface area (Å²) in [4.78, 5) is 33.2. The number of carbonyl (C=O) groups excluding carboxylic acids is 2. The number of sulfone groups is 1. The number of para-hydroxylation sites is 1. The Kier molecular flexibility index (Phi) is 7.94. The lowest BCUT2D eigenvalue weighted by Gasteiger charge is -2.28. The van der Waals surface area contributed by atoms with Gasteiger partial charge >= 0.3 is 5.97 Å². The van der Waals surface area contributed by atoms with Crippen LogP contribution >= 0.6 is 0 Å². The molecule has 2 atom stereocenters. The minimum absolute atomic E-state index is 0.0514. The molecule has 1 aliphatic carbocycles. The Morgan fingerprint density at radius 1 is 1.10 bits per heavy atom. The fraction of sp³-hybridized carbons (Fsp3) is 0.387. The van der Waals surface area contributed by atoms with Crippen LogP contribution in [0.2, 0.25) is 0 Å². The molecule has 5 rings (SSSR count). The second-order valence-corrected chi connectivity index (χ2v) is 12.8. The number of pyridine rings is 1. The molecule has 0 radical (unpaired) electrons. The summed E-state index contributed by atoms with van der Waals surface area (Å²) < 4.78 is 34.8. The highest BCUT2D eigenvalue weighted by Gasteiger charge is 2.35. The maximum Gasteiger partial charge on any atom is 0.339 e. The lowest BCUT2D eigenvalue weighted by Crippen LogP contribution is -2.43. The normalized spacial score (nSPS) is 20.7. The highest BCUT2D eigenvalue weighted by Crippen LogP contribution is 2.39. The first-order valence-corrected chi connectivity index (χ1v) is 15.4. The average molecular weight is 563 g/mol. The molecule has 1 saturated heterocycles. The van der Waals surface area contributed by atoms with Crippen LogP contribution in [0.3, 0.4) is 0 Å². The van der Waals surface area contributed by atoms with Crippen molar-refractivity contribution in [1.29, 1.82) is 0 Å². The average Bonchev–Trinajstić information content (AvgIpc) is 3.30. The van der Waals surface area contributed by atoms with Crippen molar-refractivity contribution in [3.63, 3.8) is 0 Å². The first-order chi connectivity index (χ1) is 19.2. The molecule has 40 heavy (non-hydrogen) atoms. The zero-order valence-electron chi connectivity index (χ0n) is 23.1. The summed E-state index contributed by atoms with van der Waals surface area (Å²) >= 11 is 0. The van der Waals surface area contributed by atoms with Crippen molar-refractivity contribution >= 4 is 44.3 Å². The molecule has 0 N–H and O–H groups in total. The number of aromatic nitrogens is 1. The van der Waals surface area contributed by atoms with E-state index in [0.29, 0.717) is 35.9 Å². The third-order valence-corrected chi connectivity index (χ3v) is 9.47. The van der Waals surface area contributed by atoms with Crippen LogP contribution in [0.1, 0.15) is 53.9 Å². The van der Waals surface area contributed by atoms with Crippen LogP contribution in [0.4, 0.5) is 0 Å². The van der Waals surface area contributed by atoms with Gasteiger partial charge in [0, 0.05) is 18.0 Å². The predicted octanol–water partition coefficient (Wildman–Crippen LogP) is 4.56. The molecule has 2 aliphatic rings. The van der Waals surface area contributed by atoms with Gasteiger partial charge in [-0.1, -0.05) is 37.3 Å². The third kappa shape index (κ3) is 5.75. The number of carbonyl (C=O) groups is 2. The van der Waals surface area contributed by atoms with Gasteiger partial charge in [0.2, 0.25) is 0 Å². The standard InChI is InChI=1S/C31H34N2O6S/c1-4-33(23-13-14-40(36,37)19-23)28(34)18-39-31(35)29-25-7-5-6-8-27(25)32-30-22(15-20(2)16-26(29)30)17-21-9-11-24(38-3)12-10-21/h5-12,17,20,23H,4,13-16,18-19H2,1-3H3/b22-17+/t20-,23+/m0/s1. The molecular formula is C31H34N2O6S. The monoisotopic (exact) mass is 562 g/mol. The number of likely N-dealkylation sites (N-methyl/N-ethyl adjacent to an activating group) is 1. The fourth-order valence-corrected chi connectivity index (χ4v) is 7.54. The molecule has 1 aromatic heterocycles. The van der Waals surface area contributed by atoms with Crippen LogP contribution in [0.25, 0.3) is 22.6 Å². The van der Waals surface area contributed by atoms with E-state index in [9.17, 15) is 18.0 Å². The number of allylic oxidation sites excluding steroid dienone is 1. The van der Waals surface area contributed by atoms with Crippen LogP contribution in [0.15, 0.2) is 48.5 Å². The molecule has 1 aliphatic heterocycles. The Morgan fingerprint density at radius 2 is 1.85 bits per heavy atom. The number of fused-ring (bicyclic) bond motifs is 2. The lowest BCUT2D eigenvalue weighted by atomic mass is 9.80. The molecule has 0 saturated carbocycles. The van der Waals surface area contributed by atoms with Crippen molar-refractivity contribution in [1.82, 2.24) is 9.88 Å². The van der Waals surface area contributed by atoms with E-state index in [4.69, 9.17) is 14.5 Å². The zero-order chi connectivity index (χ0) is 28.4. The van der Waals surface area contributed by atoms with Gasteiger partial charge in [-0.05, 0) is 73.1 Å². The number of hydrogen-bond donors (Lipinski definition) is 0. The van der Waals surface area contributed by atoms with E-state index in [1.54, 1.807) is 14.0 Å². The topological polar surface area (TPSA) is 103 Å². The van der Waals surface area contributed by atoms with Gasteiger partial charge in [0.1, 0.15) is 5.75 Å². The van der Waals surface area contributed by atoms with Crippen LogP contribution in [0.5, 0.6) is 5.75 Å². The van der Waals surface area contributed by atoms with Crippen molar-refractivity contribution < 1.29 is 27.5 Å². The van der Waals surface area contributed by atoms with E-state index in [1.807, 2.05) is 48.5 Å². The van der Waals surface area contributed by atoms with E-state index < -0.39 is 28.3 Å². The Labute approximate surface area is 234 Å². The molecule has 0 spiro atoms. The summed E-state index contributed by atoms with van der Waals surface area (Å²) in [7, 11) is -1.52. The van der Waals surface area contributed by atoms with Crippen LogP contribution in [-0.2, 0) is 25.8 Å². The Morgan fingerprint density at radius 3 is 2.52 bits per heavy atom. The molecule has 0 unspecified atom stereocenters. The number of esters is 1. The molecule has 1 fully saturated rings. The molecule has 2 heterocycles. The molecule has 210 valence electrons. The Balaban J connectivity index is 1.47. The minimum atomic E-state index is -3.15. The van der Waals surface area contributed by atoms with Crippen LogP contribution in [-0.4, -0.2) is 68.0 Å². The van der Waals surface area contributed by atoms with Gasteiger partial charge in [-0.3, -0.25) is 4.79 Å². The number of amides is 1. The van der Waals surface area contributed by atoms with Crippen molar-refractivity contribution in [3.05, 3.63) is 70.9 Å². The summed E-state index contributed by atoms with van der Waals surface area (Å²) in [5.41, 5.74) is 4.76. The highest BCUT2D eigenvalue weighted by molar-refractivity contribution is 7.91. The largest absolute Gasteiger partial charge is 0.497 e. The summed E-state index contributed by atoms with van der Waals surface area (Å²) in [5, 5.41) is 0.686. The van der Waals surface area contributed by atoms with E-state index in [2.05, 4.69) is 13.0 Å². The van der Waals surface area contributed by atoms with Gasteiger partial charge in [0.15, 0.2) is 16.4 Å². The highest BCUT2D eigenvalue weighted by atomic mass is 32.2. The summed E-state index contributed by atoms with van der Waals surface area (Å²) in [6, 6.07) is 14.9. The Hall–Kier alpha value is -3.72. The maximum atomic E-state index is 13.7. The molecule has 8 nitrogen and oxygen atoms in total. The molecule has 2 aromatic carbocycles. The minimum Gasteiger partial charge on any atom is -0.497 e. The van der Waals surface area contributed by atoms with E-state index >= 15 is 0 Å². The fourth-order valence-electron chi connectivity index (χ4n) is 5.81. The molecule has 9 heteroatoms. The van der Waals surface area contributed by atoms with Gasteiger partial charge in [-0.2, -0.15) is 0 Å². The van der Waals surface area contributed by atoms with Crippen LogP contribution < -0.4 is 4.74 Å². The van der Waals surface area contributed by atoms with Crippen LogP contribution in [0, 0.1) is 5.92 Å². The molecule has 3 aromatic rings. The molecule has 1 amide bonds. The number of nitrogens with zero attached hydrogens (tertiary/aromatic N) is 2. The number of methoxy groups -OCH3 is 1. The Bertz CT molecular complexity index is 1580. The SMILES string of the molecule is CCN(C(=O)COC(=O)c1c2c(nc3ccccc13)/C(=C/c1ccc(OC)cc1)C[C@H](C)C2)[C@@H]1CCS(=O)(=O)C1. The summed E-state index contributed by atoms with van der Waals surface area (Å²) in [5.74, 6) is 0.104. The second-order valence-electron chi connectivity index (χ2n) is 10.6. The molecule has 0 bridgehead atoms. The number of hydrogen-bond acceptors (Lipinski definition) is 7. The van der Waals surface area contributed by atoms with Gasteiger partial charge in [-0.25, -0.2) is 18.2 Å². The van der Waals surface area contributed by atoms with E-state index in [1.165, 1.54) is 4.90 Å². The lowest BCUT2D eigenvalue weighted by molar-refractivity contribution is -0.136. The number of benzene rings is 2. The number of rotatable bonds is 7. The van der Waals surface area contributed by atoms with Crippen molar-refractivity contribution in [2.75, 3.05) is 31.8 Å². The third-order valence-electron chi connectivity index (χ3n) is 7.72. The predicted molar refractivity (Wildman–Crippen MR) is 155 cm³/mol. The maximum absolute atomic E-state index is 13.7. The first kappa shape index (κ1) is 27.8. The van der Waals surface area contributed by atoms with Crippen molar-refractivity contribution in [3.8, 4) is 5.75 Å². The smallest absolute Gasteiger partial charge is 0.339 e. The quantitative estimate of drug-likeness (QED) is 0.389. The van der Waals surface area contributed by atoms with Gasteiger partial charge in [0.25, 0.3) is 5.91 Å². The van der Waals surface area contributed by atoms with Crippen molar-refractivity contribution in [2.24, 2.45) is 5.92 Å². The van der Waals surface area contributed by atoms with E-state index in [-0.39, 0.29) is 23.5 Å². The second kappa shape index (κ2) is 11.4. The summed E-state index contributed by atoms with van der Waals surface area (Å²) in [6.07, 6.45) is 3.97. The van der Waals surface area contributed by atoms with Gasteiger partial charge in [0.05, 0.1) is 35.4 Å². The van der Waals surface area contributed by atoms with Gasteiger partial charge < -0.3 is 14.4 Å². The molecular weight excluding hydrogens is 528 g/mol. The van der Waals surface area contributed by atoms with Gasteiger partial charge in [-0.15, -0.1) is 0 Å². The van der Waals surface area contributed by atoms with Crippen molar-refractivity contribution in [2.45, 2.75) is 39.2 Å². The van der Waals surface area contributed by atoms with E-state index in [0.717, 1.165) is 34.6 Å². The first-order valence-electron chi connectivity index (χ1n) is 13.6.